The summed E-state index contributed by atoms with van der Waals surface area (Å²) in [7, 11) is 1.69. The second kappa shape index (κ2) is 9.29. The number of benzene rings is 1. The zero-order chi connectivity index (χ0) is 18.4. The van der Waals surface area contributed by atoms with Crippen LogP contribution in [0.3, 0.4) is 0 Å². The third-order valence-electron chi connectivity index (χ3n) is 4.99. The molecule has 3 nitrogen and oxygen atoms in total. The topological polar surface area (TPSA) is 24.8 Å². The highest BCUT2D eigenvalue weighted by Crippen LogP contribution is 2.45. The molecule has 1 aliphatic heterocycles. The molecule has 6 heteroatoms. The lowest BCUT2D eigenvalue weighted by Crippen LogP contribution is -2.49. The van der Waals surface area contributed by atoms with E-state index in [0.29, 0.717) is 5.41 Å². The summed E-state index contributed by atoms with van der Waals surface area (Å²) in [5.74, 6) is 2.75. The SMILES string of the molecule is C=CCSC(=S)N1CC2(CCCCC2)CSC1=Nc1ccccc1OC. The fraction of sp³-hybridized carbons (Fsp3) is 0.500. The lowest BCUT2D eigenvalue weighted by atomic mass is 9.75. The summed E-state index contributed by atoms with van der Waals surface area (Å²) < 4.78 is 6.37. The number of methoxy groups -OCH3 is 1. The first-order valence-corrected chi connectivity index (χ1v) is 11.5. The molecular weight excluding hydrogens is 380 g/mol. The van der Waals surface area contributed by atoms with Gasteiger partial charge in [-0.25, -0.2) is 4.99 Å². The normalized spacial score (nSPS) is 21.0. The molecule has 0 amide bonds. The first-order valence-electron chi connectivity index (χ1n) is 9.07. The van der Waals surface area contributed by atoms with Crippen molar-refractivity contribution >= 4 is 50.9 Å². The number of aliphatic imine (C=N–C) groups is 1. The van der Waals surface area contributed by atoms with Gasteiger partial charge in [0.1, 0.15) is 15.8 Å². The minimum atomic E-state index is 0.376. The summed E-state index contributed by atoms with van der Waals surface area (Å²) in [5.41, 5.74) is 1.24. The van der Waals surface area contributed by atoms with Gasteiger partial charge in [0.2, 0.25) is 0 Å². The van der Waals surface area contributed by atoms with E-state index in [0.717, 1.165) is 39.0 Å². The maximum Gasteiger partial charge on any atom is 0.170 e. The Balaban J connectivity index is 1.88. The molecule has 1 saturated heterocycles. The van der Waals surface area contributed by atoms with E-state index >= 15 is 0 Å². The minimum absolute atomic E-state index is 0.376. The molecule has 1 aromatic rings. The van der Waals surface area contributed by atoms with Gasteiger partial charge in [-0.15, -0.1) is 6.58 Å². The minimum Gasteiger partial charge on any atom is -0.494 e. The van der Waals surface area contributed by atoms with Gasteiger partial charge in [-0.05, 0) is 30.4 Å². The summed E-state index contributed by atoms with van der Waals surface area (Å²) in [6.07, 6.45) is 8.53. The van der Waals surface area contributed by atoms with Crippen molar-refractivity contribution in [2.45, 2.75) is 32.1 Å². The first-order chi connectivity index (χ1) is 12.7. The number of nitrogens with zero attached hydrogens (tertiary/aromatic N) is 2. The van der Waals surface area contributed by atoms with Crippen molar-refractivity contribution in [1.29, 1.82) is 0 Å². The molecule has 3 rings (SSSR count). The molecule has 0 bridgehead atoms. The number of hydrogen-bond donors (Lipinski definition) is 0. The van der Waals surface area contributed by atoms with E-state index in [9.17, 15) is 0 Å². The molecule has 0 radical (unpaired) electrons. The third-order valence-corrected chi connectivity index (χ3v) is 7.76. The van der Waals surface area contributed by atoms with Crippen molar-refractivity contribution in [2.75, 3.05) is 25.2 Å². The van der Waals surface area contributed by atoms with Crippen LogP contribution >= 0.6 is 35.7 Å². The second-order valence-electron chi connectivity index (χ2n) is 6.87. The number of thiocarbonyl (C=S) groups is 1. The van der Waals surface area contributed by atoms with Crippen LogP contribution in [0.2, 0.25) is 0 Å². The van der Waals surface area contributed by atoms with Crippen LogP contribution in [-0.4, -0.2) is 39.5 Å². The monoisotopic (exact) mass is 406 g/mol. The highest BCUT2D eigenvalue weighted by molar-refractivity contribution is 8.23. The number of rotatable bonds is 4. The Bertz CT molecular complexity index is 683. The molecule has 140 valence electrons. The van der Waals surface area contributed by atoms with Crippen molar-refractivity contribution < 1.29 is 4.74 Å². The van der Waals surface area contributed by atoms with Crippen molar-refractivity contribution in [3.8, 4) is 5.75 Å². The van der Waals surface area contributed by atoms with E-state index in [1.807, 2.05) is 42.1 Å². The summed E-state index contributed by atoms with van der Waals surface area (Å²) >= 11 is 9.28. The fourth-order valence-electron chi connectivity index (χ4n) is 3.62. The van der Waals surface area contributed by atoms with Crippen LogP contribution in [0.1, 0.15) is 32.1 Å². The molecule has 1 aromatic carbocycles. The second-order valence-corrected chi connectivity index (χ2v) is 9.46. The van der Waals surface area contributed by atoms with E-state index in [2.05, 4.69) is 11.5 Å². The number of hydrogen-bond acceptors (Lipinski definition) is 5. The molecule has 0 N–H and O–H groups in total. The predicted molar refractivity (Wildman–Crippen MR) is 120 cm³/mol. The largest absolute Gasteiger partial charge is 0.494 e. The zero-order valence-electron chi connectivity index (χ0n) is 15.3. The number of para-hydroxylation sites is 2. The van der Waals surface area contributed by atoms with Crippen LogP contribution in [-0.2, 0) is 0 Å². The Morgan fingerprint density at radius 3 is 2.88 bits per heavy atom. The average Bonchev–Trinajstić information content (AvgIpc) is 2.68. The maximum atomic E-state index is 5.76. The summed E-state index contributed by atoms with van der Waals surface area (Å²) in [6, 6.07) is 7.91. The summed E-state index contributed by atoms with van der Waals surface area (Å²) in [5, 5.41) is 0.993. The Morgan fingerprint density at radius 2 is 2.15 bits per heavy atom. The van der Waals surface area contributed by atoms with Gasteiger partial charge in [0.25, 0.3) is 0 Å². The van der Waals surface area contributed by atoms with Crippen LogP contribution in [0.25, 0.3) is 0 Å². The molecule has 2 aliphatic rings. The van der Waals surface area contributed by atoms with Gasteiger partial charge in [-0.1, -0.05) is 73.2 Å². The van der Waals surface area contributed by atoms with Crippen molar-refractivity contribution in [1.82, 2.24) is 4.90 Å². The van der Waals surface area contributed by atoms with E-state index in [1.54, 1.807) is 18.9 Å². The smallest absolute Gasteiger partial charge is 0.170 e. The molecule has 1 heterocycles. The Hall–Kier alpha value is -0.980. The molecule has 0 unspecified atom stereocenters. The molecule has 1 aliphatic carbocycles. The average molecular weight is 407 g/mol. The van der Waals surface area contributed by atoms with Gasteiger partial charge >= 0.3 is 0 Å². The lowest BCUT2D eigenvalue weighted by molar-refractivity contribution is 0.194. The summed E-state index contributed by atoms with van der Waals surface area (Å²) in [4.78, 5) is 7.19. The highest BCUT2D eigenvalue weighted by atomic mass is 32.2. The van der Waals surface area contributed by atoms with Crippen molar-refractivity contribution in [3.63, 3.8) is 0 Å². The third kappa shape index (κ3) is 4.65. The van der Waals surface area contributed by atoms with Gasteiger partial charge in [-0.2, -0.15) is 0 Å². The standard InChI is InChI=1S/C20H26N2OS3/c1-3-13-25-19(24)22-14-20(11-7-4-8-12-20)15-26-18(22)21-16-9-5-6-10-17(16)23-2/h3,5-6,9-10H,1,4,7-8,11-15H2,2H3. The molecule has 0 aromatic heterocycles. The molecular formula is C20H26N2OS3. The Kier molecular flexibility index (Phi) is 7.06. The highest BCUT2D eigenvalue weighted by Gasteiger charge is 2.40. The number of amidine groups is 1. The van der Waals surface area contributed by atoms with Crippen LogP contribution in [0.15, 0.2) is 41.9 Å². The Labute approximate surface area is 170 Å². The van der Waals surface area contributed by atoms with Gasteiger partial charge in [0.05, 0.1) is 7.11 Å². The van der Waals surface area contributed by atoms with E-state index < -0.39 is 0 Å². The number of ether oxygens (including phenoxy) is 1. The van der Waals surface area contributed by atoms with E-state index in [-0.39, 0.29) is 0 Å². The van der Waals surface area contributed by atoms with Gasteiger partial charge in [0.15, 0.2) is 5.17 Å². The first kappa shape index (κ1) is 19.8. The quantitative estimate of drug-likeness (QED) is 0.459. The van der Waals surface area contributed by atoms with Crippen LogP contribution in [0, 0.1) is 5.41 Å². The molecule has 1 saturated carbocycles. The van der Waals surface area contributed by atoms with Gasteiger partial charge in [0, 0.05) is 18.1 Å². The van der Waals surface area contributed by atoms with E-state index in [4.69, 9.17) is 21.9 Å². The molecule has 0 atom stereocenters. The van der Waals surface area contributed by atoms with Crippen LogP contribution in [0.5, 0.6) is 5.75 Å². The molecule has 1 spiro atoms. The van der Waals surface area contributed by atoms with E-state index in [1.165, 1.54) is 32.1 Å². The van der Waals surface area contributed by atoms with Crippen molar-refractivity contribution in [2.24, 2.45) is 10.4 Å². The summed E-state index contributed by atoms with van der Waals surface area (Å²) in [6.45, 7) is 4.80. The Morgan fingerprint density at radius 1 is 1.38 bits per heavy atom. The maximum absolute atomic E-state index is 5.76. The van der Waals surface area contributed by atoms with Gasteiger partial charge in [-0.3, -0.25) is 0 Å². The van der Waals surface area contributed by atoms with Gasteiger partial charge < -0.3 is 9.64 Å². The molecule has 2 fully saturated rings. The fourth-order valence-corrected chi connectivity index (χ4v) is 5.94. The zero-order valence-corrected chi connectivity index (χ0v) is 17.7. The number of thioether (sulfide) groups is 2. The van der Waals surface area contributed by atoms with Crippen LogP contribution in [0.4, 0.5) is 5.69 Å². The predicted octanol–water partition coefficient (Wildman–Crippen LogP) is 5.89. The lowest BCUT2D eigenvalue weighted by Gasteiger charge is -2.45. The molecule has 26 heavy (non-hydrogen) atoms. The van der Waals surface area contributed by atoms with Crippen LogP contribution < -0.4 is 4.74 Å². The van der Waals surface area contributed by atoms with Crippen molar-refractivity contribution in [3.05, 3.63) is 36.9 Å².